The highest BCUT2D eigenvalue weighted by Crippen LogP contribution is 2.24. The molecular formula is C14H17Cl2NO4S. The van der Waals surface area contributed by atoms with E-state index in [2.05, 4.69) is 5.32 Å². The molecule has 1 aromatic carbocycles. The molecule has 8 heteroatoms. The van der Waals surface area contributed by atoms with Crippen molar-refractivity contribution in [2.45, 2.75) is 18.2 Å². The Labute approximate surface area is 143 Å². The molecule has 1 unspecified atom stereocenters. The number of carboxylic acids is 1. The van der Waals surface area contributed by atoms with Gasteiger partial charge >= 0.3 is 5.97 Å². The summed E-state index contributed by atoms with van der Waals surface area (Å²) in [7, 11) is 1.38. The Balaban J connectivity index is 2.50. The van der Waals surface area contributed by atoms with Gasteiger partial charge in [0.15, 0.2) is 5.54 Å². The highest BCUT2D eigenvalue weighted by atomic mass is 35.5. The molecule has 5 nitrogen and oxygen atoms in total. The molecule has 0 aliphatic heterocycles. The first kappa shape index (κ1) is 19.1. The van der Waals surface area contributed by atoms with Gasteiger partial charge in [-0.2, -0.15) is 0 Å². The number of benzene rings is 1. The molecule has 122 valence electrons. The van der Waals surface area contributed by atoms with Gasteiger partial charge in [0, 0.05) is 22.9 Å². The summed E-state index contributed by atoms with van der Waals surface area (Å²) in [5, 5.41) is 12.7. The Bertz CT molecular complexity index is 556. The third-order valence-electron chi connectivity index (χ3n) is 2.83. The summed E-state index contributed by atoms with van der Waals surface area (Å²) in [6, 6.07) is 5.16. The molecule has 1 amide bonds. The zero-order valence-corrected chi connectivity index (χ0v) is 14.5. The zero-order chi connectivity index (χ0) is 16.8. The van der Waals surface area contributed by atoms with Crippen molar-refractivity contribution < 1.29 is 19.4 Å². The lowest BCUT2D eigenvalue weighted by Crippen LogP contribution is -2.55. The van der Waals surface area contributed by atoms with Crippen molar-refractivity contribution in [2.24, 2.45) is 0 Å². The standard InChI is InChI=1S/C14H17Cl2NO4S/c1-14(8-21-2,13(19)20)17-12(18)7-22-6-9-3-4-10(15)5-11(9)16/h3-5H,6-8H2,1-2H3,(H,17,18)(H,19,20). The van der Waals surface area contributed by atoms with Gasteiger partial charge in [-0.15, -0.1) is 11.8 Å². The van der Waals surface area contributed by atoms with Crippen molar-refractivity contribution in [3.8, 4) is 0 Å². The van der Waals surface area contributed by atoms with Gasteiger partial charge in [-0.05, 0) is 24.6 Å². The minimum atomic E-state index is -1.44. The van der Waals surface area contributed by atoms with Gasteiger partial charge in [0.25, 0.3) is 0 Å². The van der Waals surface area contributed by atoms with E-state index in [1.54, 1.807) is 18.2 Å². The third-order valence-corrected chi connectivity index (χ3v) is 4.39. The Morgan fingerprint density at radius 2 is 2.09 bits per heavy atom. The van der Waals surface area contributed by atoms with Gasteiger partial charge < -0.3 is 15.2 Å². The van der Waals surface area contributed by atoms with E-state index in [1.165, 1.54) is 25.8 Å². The van der Waals surface area contributed by atoms with Crippen LogP contribution in [0.4, 0.5) is 0 Å². The Kier molecular flexibility index (Phi) is 7.48. The number of ether oxygens (including phenoxy) is 1. The minimum Gasteiger partial charge on any atom is -0.479 e. The van der Waals surface area contributed by atoms with E-state index in [0.29, 0.717) is 15.8 Å². The molecule has 2 N–H and O–H groups in total. The number of rotatable bonds is 8. The van der Waals surface area contributed by atoms with E-state index in [4.69, 9.17) is 33.0 Å². The number of carboxylic acid groups (broad SMARTS) is 1. The summed E-state index contributed by atoms with van der Waals surface area (Å²) in [6.07, 6.45) is 0. The topological polar surface area (TPSA) is 75.6 Å². The first-order valence-electron chi connectivity index (χ1n) is 6.33. The number of aliphatic carboxylic acids is 1. The fraction of sp³-hybridized carbons (Fsp3) is 0.429. The van der Waals surface area contributed by atoms with Crippen LogP contribution in [0.3, 0.4) is 0 Å². The summed E-state index contributed by atoms with van der Waals surface area (Å²) in [5.41, 5.74) is -0.577. The molecular weight excluding hydrogens is 349 g/mol. The summed E-state index contributed by atoms with van der Waals surface area (Å²) >= 11 is 13.2. The van der Waals surface area contributed by atoms with Crippen LogP contribution < -0.4 is 5.32 Å². The Morgan fingerprint density at radius 1 is 1.41 bits per heavy atom. The molecule has 0 aliphatic carbocycles. The molecule has 1 rings (SSSR count). The fourth-order valence-corrected chi connectivity index (χ4v) is 3.06. The molecule has 22 heavy (non-hydrogen) atoms. The molecule has 0 bridgehead atoms. The molecule has 0 heterocycles. The first-order valence-corrected chi connectivity index (χ1v) is 8.24. The highest BCUT2D eigenvalue weighted by molar-refractivity contribution is 7.99. The van der Waals surface area contributed by atoms with Crippen LogP contribution >= 0.6 is 35.0 Å². The SMILES string of the molecule is COCC(C)(NC(=O)CSCc1ccc(Cl)cc1Cl)C(=O)O. The quantitative estimate of drug-likeness (QED) is 0.740. The predicted octanol–water partition coefficient (Wildman–Crippen LogP) is 2.83. The maximum absolute atomic E-state index is 11.9. The number of methoxy groups -OCH3 is 1. The highest BCUT2D eigenvalue weighted by Gasteiger charge is 2.34. The van der Waals surface area contributed by atoms with E-state index >= 15 is 0 Å². The minimum absolute atomic E-state index is 0.109. The second-order valence-electron chi connectivity index (χ2n) is 4.85. The van der Waals surface area contributed by atoms with Crippen molar-refractivity contribution in [3.63, 3.8) is 0 Å². The van der Waals surface area contributed by atoms with Gasteiger partial charge in [0.05, 0.1) is 12.4 Å². The number of amides is 1. The maximum Gasteiger partial charge on any atom is 0.331 e. The number of hydrogen-bond donors (Lipinski definition) is 2. The number of carbonyl (C=O) groups is 2. The van der Waals surface area contributed by atoms with Crippen LogP contribution in [0.5, 0.6) is 0 Å². The van der Waals surface area contributed by atoms with Crippen molar-refractivity contribution in [1.82, 2.24) is 5.32 Å². The number of carbonyl (C=O) groups excluding carboxylic acids is 1. The van der Waals surface area contributed by atoms with E-state index < -0.39 is 11.5 Å². The average Bonchev–Trinajstić information content (AvgIpc) is 2.41. The number of halogens is 2. The Hall–Kier alpha value is -0.950. The van der Waals surface area contributed by atoms with E-state index in [-0.39, 0.29) is 18.3 Å². The van der Waals surface area contributed by atoms with Gasteiger partial charge in [0.1, 0.15) is 0 Å². The van der Waals surface area contributed by atoms with Crippen molar-refractivity contribution in [3.05, 3.63) is 33.8 Å². The second kappa shape index (κ2) is 8.62. The number of hydrogen-bond acceptors (Lipinski definition) is 4. The van der Waals surface area contributed by atoms with Gasteiger partial charge in [-0.1, -0.05) is 29.3 Å². The van der Waals surface area contributed by atoms with Crippen LogP contribution in [0.2, 0.25) is 10.0 Å². The maximum atomic E-state index is 11.9. The van der Waals surface area contributed by atoms with Gasteiger partial charge in [0.2, 0.25) is 5.91 Å². The van der Waals surface area contributed by atoms with E-state index in [0.717, 1.165) is 5.56 Å². The molecule has 0 aromatic heterocycles. The fourth-order valence-electron chi connectivity index (χ4n) is 1.68. The first-order chi connectivity index (χ1) is 10.3. The van der Waals surface area contributed by atoms with Crippen molar-refractivity contribution in [1.29, 1.82) is 0 Å². The lowest BCUT2D eigenvalue weighted by molar-refractivity contribution is -0.148. The summed E-state index contributed by atoms with van der Waals surface area (Å²) in [5.74, 6) is -0.881. The second-order valence-corrected chi connectivity index (χ2v) is 6.68. The lowest BCUT2D eigenvalue weighted by atomic mass is 10.0. The van der Waals surface area contributed by atoms with Crippen LogP contribution in [0.25, 0.3) is 0 Å². The van der Waals surface area contributed by atoms with E-state index in [1.807, 2.05) is 0 Å². The summed E-state index contributed by atoms with van der Waals surface area (Å²) < 4.78 is 4.84. The van der Waals surface area contributed by atoms with Crippen LogP contribution in [0.1, 0.15) is 12.5 Å². The van der Waals surface area contributed by atoms with Crippen LogP contribution in [-0.2, 0) is 20.1 Å². The number of thioether (sulfide) groups is 1. The summed E-state index contributed by atoms with van der Waals surface area (Å²) in [4.78, 5) is 23.0. The predicted molar refractivity (Wildman–Crippen MR) is 88.7 cm³/mol. The summed E-state index contributed by atoms with van der Waals surface area (Å²) in [6.45, 7) is 1.29. The van der Waals surface area contributed by atoms with Crippen molar-refractivity contribution in [2.75, 3.05) is 19.5 Å². The molecule has 0 saturated heterocycles. The lowest BCUT2D eigenvalue weighted by Gasteiger charge is -2.25. The average molecular weight is 366 g/mol. The molecule has 0 aliphatic rings. The molecule has 0 spiro atoms. The molecule has 1 atom stereocenters. The van der Waals surface area contributed by atoms with Crippen LogP contribution in [0.15, 0.2) is 18.2 Å². The largest absolute Gasteiger partial charge is 0.479 e. The van der Waals surface area contributed by atoms with Crippen LogP contribution in [0, 0.1) is 0 Å². The van der Waals surface area contributed by atoms with E-state index in [9.17, 15) is 9.59 Å². The van der Waals surface area contributed by atoms with Crippen molar-refractivity contribution >= 4 is 46.8 Å². The molecule has 1 aromatic rings. The molecule has 0 radical (unpaired) electrons. The third kappa shape index (κ3) is 5.68. The monoisotopic (exact) mass is 365 g/mol. The van der Waals surface area contributed by atoms with Gasteiger partial charge in [-0.25, -0.2) is 4.79 Å². The van der Waals surface area contributed by atoms with Crippen LogP contribution in [-0.4, -0.2) is 42.0 Å². The normalized spacial score (nSPS) is 13.5. The smallest absolute Gasteiger partial charge is 0.331 e. The number of nitrogens with one attached hydrogen (secondary N) is 1. The zero-order valence-electron chi connectivity index (χ0n) is 12.2. The molecule has 0 saturated carbocycles. The molecule has 0 fully saturated rings. The van der Waals surface area contributed by atoms with Gasteiger partial charge in [-0.3, -0.25) is 4.79 Å². The Morgan fingerprint density at radius 3 is 2.64 bits per heavy atom.